The van der Waals surface area contributed by atoms with E-state index in [0.717, 1.165) is 6.61 Å². The minimum atomic E-state index is -0.369. The number of ether oxygens (including phenoxy) is 1. The fourth-order valence-corrected chi connectivity index (χ4v) is 2.94. The molecule has 1 saturated heterocycles. The molecule has 0 N–H and O–H groups in total. The van der Waals surface area contributed by atoms with Crippen LogP contribution in [0.25, 0.3) is 0 Å². The molecule has 1 unspecified atom stereocenters. The van der Waals surface area contributed by atoms with Crippen LogP contribution in [0, 0.1) is 0 Å². The second-order valence-electron chi connectivity index (χ2n) is 3.62. The Kier molecular flexibility index (Phi) is 3.42. The third kappa shape index (κ3) is 2.84. The maximum absolute atomic E-state index is 5.62. The molecule has 0 aromatic heterocycles. The van der Waals surface area contributed by atoms with Gasteiger partial charge in [0.15, 0.2) is 0 Å². The van der Waals surface area contributed by atoms with Gasteiger partial charge in [-0.1, -0.05) is 13.1 Å². The summed E-state index contributed by atoms with van der Waals surface area (Å²) in [4.78, 5) is 0. The van der Waals surface area contributed by atoms with Crippen molar-refractivity contribution in [3.8, 4) is 0 Å². The van der Waals surface area contributed by atoms with Crippen LogP contribution in [0.15, 0.2) is 0 Å². The number of hydrogen-bond donors (Lipinski definition) is 0. The fourth-order valence-electron chi connectivity index (χ4n) is 1.52. The average molecular weight is 158 g/mol. The molecule has 60 valence electrons. The fraction of sp³-hybridized carbons (Fsp3) is 1.00. The standard InChI is InChI=1S/C8H18OSi/c1-10(2)7-8-5-3-4-6-9-8/h8,10H,3-7H2,1-2H3. The van der Waals surface area contributed by atoms with E-state index < -0.39 is 0 Å². The van der Waals surface area contributed by atoms with Gasteiger partial charge in [-0.15, -0.1) is 0 Å². The van der Waals surface area contributed by atoms with Crippen molar-refractivity contribution in [1.29, 1.82) is 0 Å². The quantitative estimate of drug-likeness (QED) is 0.559. The van der Waals surface area contributed by atoms with Crippen LogP contribution >= 0.6 is 0 Å². The second-order valence-corrected chi connectivity index (χ2v) is 6.88. The zero-order valence-corrected chi connectivity index (χ0v) is 8.25. The zero-order valence-electron chi connectivity index (χ0n) is 7.10. The summed E-state index contributed by atoms with van der Waals surface area (Å²) in [5, 5.41) is 0. The Morgan fingerprint density at radius 2 is 2.20 bits per heavy atom. The van der Waals surface area contributed by atoms with Gasteiger partial charge in [-0.2, -0.15) is 0 Å². The molecule has 0 bridgehead atoms. The van der Waals surface area contributed by atoms with Crippen LogP contribution in [0.1, 0.15) is 19.3 Å². The van der Waals surface area contributed by atoms with Gasteiger partial charge in [0, 0.05) is 15.4 Å². The Labute approximate surface area is 65.4 Å². The van der Waals surface area contributed by atoms with Gasteiger partial charge in [0.05, 0.1) is 6.10 Å². The summed E-state index contributed by atoms with van der Waals surface area (Å²) in [6, 6.07) is 1.39. The van der Waals surface area contributed by atoms with Gasteiger partial charge in [-0.05, 0) is 25.3 Å². The Hall–Kier alpha value is 0.177. The predicted octanol–water partition coefficient (Wildman–Crippen LogP) is 2.04. The highest BCUT2D eigenvalue weighted by atomic mass is 28.3. The Morgan fingerprint density at radius 1 is 1.40 bits per heavy atom. The molecule has 0 radical (unpaired) electrons. The molecule has 0 amide bonds. The first-order valence-electron chi connectivity index (χ1n) is 4.40. The lowest BCUT2D eigenvalue weighted by atomic mass is 10.1. The van der Waals surface area contributed by atoms with E-state index in [2.05, 4.69) is 13.1 Å². The summed E-state index contributed by atoms with van der Waals surface area (Å²) < 4.78 is 5.62. The smallest absolute Gasteiger partial charge is 0.0549 e. The molecule has 0 aromatic carbocycles. The SMILES string of the molecule is C[SiH](C)CC1CCCCO1. The Morgan fingerprint density at radius 3 is 2.70 bits per heavy atom. The van der Waals surface area contributed by atoms with Crippen molar-refractivity contribution in [3.63, 3.8) is 0 Å². The van der Waals surface area contributed by atoms with Crippen LogP contribution in [-0.2, 0) is 4.74 Å². The second kappa shape index (κ2) is 4.14. The maximum atomic E-state index is 5.62. The summed E-state index contributed by atoms with van der Waals surface area (Å²) >= 11 is 0. The molecule has 1 heterocycles. The Bertz CT molecular complexity index is 87.3. The molecule has 1 nitrogen and oxygen atoms in total. The third-order valence-electron chi connectivity index (χ3n) is 2.01. The molecule has 0 saturated carbocycles. The van der Waals surface area contributed by atoms with E-state index in [9.17, 15) is 0 Å². The van der Waals surface area contributed by atoms with E-state index in [4.69, 9.17) is 4.74 Å². The van der Waals surface area contributed by atoms with Gasteiger partial charge in [-0.25, -0.2) is 0 Å². The lowest BCUT2D eigenvalue weighted by Gasteiger charge is -2.23. The largest absolute Gasteiger partial charge is 0.379 e. The molecule has 1 rings (SSSR count). The molecule has 1 aliphatic rings. The van der Waals surface area contributed by atoms with E-state index >= 15 is 0 Å². The molecule has 0 spiro atoms. The molecule has 2 heteroatoms. The van der Waals surface area contributed by atoms with E-state index in [0.29, 0.717) is 6.10 Å². The number of rotatable bonds is 2. The molecule has 1 aliphatic heterocycles. The molecule has 10 heavy (non-hydrogen) atoms. The number of hydrogen-bond acceptors (Lipinski definition) is 1. The van der Waals surface area contributed by atoms with Crippen LogP contribution in [0.4, 0.5) is 0 Å². The van der Waals surface area contributed by atoms with E-state index in [1.807, 2.05) is 0 Å². The highest BCUT2D eigenvalue weighted by Crippen LogP contribution is 2.17. The zero-order chi connectivity index (χ0) is 7.40. The summed E-state index contributed by atoms with van der Waals surface area (Å²) in [5.74, 6) is 0. The molecular weight excluding hydrogens is 140 g/mol. The van der Waals surface area contributed by atoms with E-state index in [-0.39, 0.29) is 8.80 Å². The normalized spacial score (nSPS) is 27.3. The van der Waals surface area contributed by atoms with Gasteiger partial charge in [0.25, 0.3) is 0 Å². The maximum Gasteiger partial charge on any atom is 0.0549 e. The van der Waals surface area contributed by atoms with Crippen LogP contribution < -0.4 is 0 Å². The van der Waals surface area contributed by atoms with Crippen molar-refractivity contribution in [1.82, 2.24) is 0 Å². The lowest BCUT2D eigenvalue weighted by Crippen LogP contribution is -2.22. The topological polar surface area (TPSA) is 9.23 Å². The lowest BCUT2D eigenvalue weighted by molar-refractivity contribution is 0.0282. The predicted molar refractivity (Wildman–Crippen MR) is 47.3 cm³/mol. The van der Waals surface area contributed by atoms with Crippen molar-refractivity contribution in [2.75, 3.05) is 6.61 Å². The van der Waals surface area contributed by atoms with Crippen molar-refractivity contribution in [3.05, 3.63) is 0 Å². The monoisotopic (exact) mass is 158 g/mol. The summed E-state index contributed by atoms with van der Waals surface area (Å²) in [6.45, 7) is 5.82. The van der Waals surface area contributed by atoms with Crippen molar-refractivity contribution in [2.45, 2.75) is 44.5 Å². The van der Waals surface area contributed by atoms with Crippen molar-refractivity contribution in [2.24, 2.45) is 0 Å². The van der Waals surface area contributed by atoms with Crippen molar-refractivity contribution >= 4 is 8.80 Å². The first kappa shape index (κ1) is 8.28. The van der Waals surface area contributed by atoms with E-state index in [1.54, 1.807) is 0 Å². The van der Waals surface area contributed by atoms with Crippen LogP contribution in [0.5, 0.6) is 0 Å². The molecule has 0 aliphatic carbocycles. The van der Waals surface area contributed by atoms with Gasteiger partial charge < -0.3 is 4.74 Å². The summed E-state index contributed by atoms with van der Waals surface area (Å²) in [5.41, 5.74) is 0. The molecule has 1 atom stereocenters. The minimum absolute atomic E-state index is 0.369. The highest BCUT2D eigenvalue weighted by molar-refractivity contribution is 6.55. The van der Waals surface area contributed by atoms with Crippen LogP contribution in [-0.4, -0.2) is 21.5 Å². The minimum Gasteiger partial charge on any atom is -0.379 e. The molecular formula is C8H18OSi. The first-order chi connectivity index (χ1) is 4.79. The van der Waals surface area contributed by atoms with Gasteiger partial charge >= 0.3 is 0 Å². The van der Waals surface area contributed by atoms with Crippen LogP contribution in [0.3, 0.4) is 0 Å². The van der Waals surface area contributed by atoms with Crippen molar-refractivity contribution < 1.29 is 4.74 Å². The van der Waals surface area contributed by atoms with Gasteiger partial charge in [0.2, 0.25) is 0 Å². The van der Waals surface area contributed by atoms with Gasteiger partial charge in [-0.3, -0.25) is 0 Å². The van der Waals surface area contributed by atoms with Crippen LogP contribution in [0.2, 0.25) is 19.1 Å². The highest BCUT2D eigenvalue weighted by Gasteiger charge is 2.14. The molecule has 0 aromatic rings. The van der Waals surface area contributed by atoms with Gasteiger partial charge in [0.1, 0.15) is 0 Å². The third-order valence-corrected chi connectivity index (χ3v) is 3.48. The Balaban J connectivity index is 2.13. The summed E-state index contributed by atoms with van der Waals surface area (Å²) in [6.07, 6.45) is 4.65. The molecule has 1 fully saturated rings. The average Bonchev–Trinajstić information content (AvgIpc) is 1.88. The summed E-state index contributed by atoms with van der Waals surface area (Å²) in [7, 11) is -0.369. The van der Waals surface area contributed by atoms with E-state index in [1.165, 1.54) is 25.3 Å². The first-order valence-corrected chi connectivity index (χ1v) is 7.53.